The first-order chi connectivity index (χ1) is 8.94. The Morgan fingerprint density at radius 2 is 1.74 bits per heavy atom. The fourth-order valence-electron chi connectivity index (χ4n) is 1.77. The molecule has 2 aromatic rings. The van der Waals surface area contributed by atoms with Crippen molar-refractivity contribution in [2.45, 2.75) is 6.42 Å². The van der Waals surface area contributed by atoms with Gasteiger partial charge in [-0.1, -0.05) is 31.9 Å². The summed E-state index contributed by atoms with van der Waals surface area (Å²) in [7, 11) is 0. The van der Waals surface area contributed by atoms with Gasteiger partial charge in [-0.25, -0.2) is 4.39 Å². The van der Waals surface area contributed by atoms with Gasteiger partial charge < -0.3 is 5.73 Å². The van der Waals surface area contributed by atoms with Gasteiger partial charge in [0.25, 0.3) is 0 Å². The molecule has 0 atom stereocenters. The molecule has 2 aromatic carbocycles. The van der Waals surface area contributed by atoms with Crippen LogP contribution in [0, 0.1) is 5.82 Å². The number of hydrogen-bond acceptors (Lipinski definition) is 2. The van der Waals surface area contributed by atoms with Crippen molar-refractivity contribution in [1.29, 1.82) is 0 Å². The molecule has 2 N–H and O–H groups in total. The quantitative estimate of drug-likeness (QED) is 0.629. The van der Waals surface area contributed by atoms with Gasteiger partial charge in [0.05, 0.1) is 0 Å². The number of benzene rings is 2. The van der Waals surface area contributed by atoms with E-state index in [0.717, 1.165) is 4.47 Å². The van der Waals surface area contributed by atoms with Crippen LogP contribution in [0.1, 0.15) is 15.9 Å². The Kier molecular flexibility index (Phi) is 4.37. The molecule has 0 aliphatic carbocycles. The zero-order valence-corrected chi connectivity index (χ0v) is 13.0. The number of carbonyl (C=O) groups excluding carboxylic acids is 1. The Morgan fingerprint density at radius 1 is 1.05 bits per heavy atom. The summed E-state index contributed by atoms with van der Waals surface area (Å²) in [5.74, 6) is -0.476. The Labute approximate surface area is 127 Å². The second kappa shape index (κ2) is 5.84. The van der Waals surface area contributed by atoms with Crippen molar-refractivity contribution < 1.29 is 9.18 Å². The summed E-state index contributed by atoms with van der Waals surface area (Å²) in [5, 5.41) is 0. The second-order valence-corrected chi connectivity index (χ2v) is 5.98. The van der Waals surface area contributed by atoms with Gasteiger partial charge in [0.15, 0.2) is 5.78 Å². The number of nitrogens with two attached hydrogens (primary N) is 1. The van der Waals surface area contributed by atoms with Crippen LogP contribution in [0.4, 0.5) is 10.1 Å². The van der Waals surface area contributed by atoms with Gasteiger partial charge in [-0.05, 0) is 42.0 Å². The van der Waals surface area contributed by atoms with E-state index in [-0.39, 0.29) is 18.0 Å². The molecule has 2 nitrogen and oxygen atoms in total. The summed E-state index contributed by atoms with van der Waals surface area (Å²) < 4.78 is 14.6. The molecule has 0 bridgehead atoms. The first-order valence-corrected chi connectivity index (χ1v) is 7.07. The number of nitrogen functional groups attached to an aromatic ring is 1. The largest absolute Gasteiger partial charge is 0.399 e. The van der Waals surface area contributed by atoms with E-state index in [1.807, 2.05) is 0 Å². The summed E-state index contributed by atoms with van der Waals surface area (Å²) in [4.78, 5) is 12.1. The van der Waals surface area contributed by atoms with Crippen molar-refractivity contribution >= 4 is 43.3 Å². The highest BCUT2D eigenvalue weighted by molar-refractivity contribution is 9.10. The molecule has 0 unspecified atom stereocenters. The van der Waals surface area contributed by atoms with Crippen molar-refractivity contribution in [3.05, 3.63) is 62.3 Å². The normalized spacial score (nSPS) is 10.5. The number of anilines is 1. The molecule has 0 saturated heterocycles. The molecule has 2 rings (SSSR count). The van der Waals surface area contributed by atoms with Gasteiger partial charge in [-0.15, -0.1) is 0 Å². The molecule has 98 valence electrons. The summed E-state index contributed by atoms with van der Waals surface area (Å²) in [6.45, 7) is 0. The van der Waals surface area contributed by atoms with Crippen molar-refractivity contribution in [1.82, 2.24) is 0 Å². The van der Waals surface area contributed by atoms with E-state index in [4.69, 9.17) is 5.73 Å². The zero-order valence-electron chi connectivity index (χ0n) is 9.79. The second-order valence-electron chi connectivity index (χ2n) is 4.15. The fraction of sp³-hybridized carbons (Fsp3) is 0.0714. The van der Waals surface area contributed by atoms with E-state index in [9.17, 15) is 9.18 Å². The molecule has 0 amide bonds. The van der Waals surface area contributed by atoms with Crippen LogP contribution >= 0.6 is 31.9 Å². The highest BCUT2D eigenvalue weighted by Crippen LogP contribution is 2.20. The molecule has 0 radical (unpaired) electrons. The highest BCUT2D eigenvalue weighted by Gasteiger charge is 2.10. The maximum absolute atomic E-state index is 13.2. The van der Waals surface area contributed by atoms with Gasteiger partial charge in [0, 0.05) is 26.6 Å². The van der Waals surface area contributed by atoms with Crippen molar-refractivity contribution in [2.75, 3.05) is 5.73 Å². The molecular formula is C14H10Br2FNO. The summed E-state index contributed by atoms with van der Waals surface area (Å²) in [5.41, 5.74) is 7.33. The Morgan fingerprint density at radius 3 is 2.37 bits per heavy atom. The van der Waals surface area contributed by atoms with E-state index in [0.29, 0.717) is 21.3 Å². The molecule has 0 aliphatic heterocycles. The first-order valence-electron chi connectivity index (χ1n) is 5.48. The third-order valence-corrected chi connectivity index (χ3v) is 3.44. The predicted molar refractivity (Wildman–Crippen MR) is 80.7 cm³/mol. The number of ketones is 1. The molecular weight excluding hydrogens is 377 g/mol. The number of hydrogen-bond donors (Lipinski definition) is 1. The molecule has 0 fully saturated rings. The molecule has 0 heterocycles. The predicted octanol–water partition coefficient (Wildman–Crippen LogP) is 4.36. The summed E-state index contributed by atoms with van der Waals surface area (Å²) in [6.07, 6.45) is 0.131. The number of halogens is 3. The lowest BCUT2D eigenvalue weighted by Gasteiger charge is -2.05. The van der Waals surface area contributed by atoms with Crippen LogP contribution in [-0.4, -0.2) is 5.78 Å². The van der Waals surface area contributed by atoms with E-state index in [2.05, 4.69) is 31.9 Å². The lowest BCUT2D eigenvalue weighted by atomic mass is 10.0. The van der Waals surface area contributed by atoms with Crippen LogP contribution in [0.5, 0.6) is 0 Å². The van der Waals surface area contributed by atoms with Gasteiger partial charge in [0.2, 0.25) is 0 Å². The van der Waals surface area contributed by atoms with Crippen molar-refractivity contribution in [2.24, 2.45) is 0 Å². The Balaban J connectivity index is 2.25. The summed E-state index contributed by atoms with van der Waals surface area (Å²) >= 11 is 6.49. The minimum atomic E-state index is -0.370. The van der Waals surface area contributed by atoms with E-state index < -0.39 is 0 Å². The van der Waals surface area contributed by atoms with Crippen LogP contribution in [0.3, 0.4) is 0 Å². The molecule has 0 saturated carbocycles. The van der Waals surface area contributed by atoms with E-state index >= 15 is 0 Å². The third kappa shape index (κ3) is 3.88. The molecule has 19 heavy (non-hydrogen) atoms. The van der Waals surface area contributed by atoms with Crippen LogP contribution in [0.2, 0.25) is 0 Å². The average Bonchev–Trinajstić information content (AvgIpc) is 2.25. The first kappa shape index (κ1) is 14.2. The number of Topliss-reactive ketones (excluding diaryl/α,β-unsaturated/α-hetero) is 1. The smallest absolute Gasteiger partial charge is 0.167 e. The fourth-order valence-corrected chi connectivity index (χ4v) is 2.80. The summed E-state index contributed by atoms with van der Waals surface area (Å²) in [6, 6.07) is 9.46. The zero-order chi connectivity index (χ0) is 14.0. The van der Waals surface area contributed by atoms with Crippen LogP contribution in [0.15, 0.2) is 45.3 Å². The van der Waals surface area contributed by atoms with Crippen LogP contribution in [0.25, 0.3) is 0 Å². The Bertz CT molecular complexity index is 603. The minimum Gasteiger partial charge on any atom is -0.399 e. The Hall–Kier alpha value is -1.20. The topological polar surface area (TPSA) is 43.1 Å². The SMILES string of the molecule is Nc1cc(Br)cc(C(=O)Cc2cc(F)cc(Br)c2)c1. The lowest BCUT2D eigenvalue weighted by Crippen LogP contribution is -2.05. The lowest BCUT2D eigenvalue weighted by molar-refractivity contribution is 0.0993. The third-order valence-electron chi connectivity index (χ3n) is 2.53. The molecule has 5 heteroatoms. The van der Waals surface area contributed by atoms with E-state index in [1.54, 1.807) is 24.3 Å². The average molecular weight is 387 g/mol. The standard InChI is InChI=1S/C14H10Br2FNO/c15-10-1-8(2-12(17)6-10)3-14(19)9-4-11(16)7-13(18)5-9/h1-2,4-7H,3,18H2. The number of rotatable bonds is 3. The highest BCUT2D eigenvalue weighted by atomic mass is 79.9. The maximum Gasteiger partial charge on any atom is 0.167 e. The van der Waals surface area contributed by atoms with Crippen LogP contribution in [-0.2, 0) is 6.42 Å². The van der Waals surface area contributed by atoms with Gasteiger partial charge in [-0.2, -0.15) is 0 Å². The van der Waals surface area contributed by atoms with Gasteiger partial charge >= 0.3 is 0 Å². The molecule has 0 spiro atoms. The number of carbonyl (C=O) groups is 1. The van der Waals surface area contributed by atoms with Crippen LogP contribution < -0.4 is 5.73 Å². The van der Waals surface area contributed by atoms with Gasteiger partial charge in [-0.3, -0.25) is 4.79 Å². The van der Waals surface area contributed by atoms with Crippen molar-refractivity contribution in [3.8, 4) is 0 Å². The van der Waals surface area contributed by atoms with Crippen molar-refractivity contribution in [3.63, 3.8) is 0 Å². The van der Waals surface area contributed by atoms with Gasteiger partial charge in [0.1, 0.15) is 5.82 Å². The monoisotopic (exact) mass is 385 g/mol. The minimum absolute atomic E-state index is 0.106. The molecule has 0 aromatic heterocycles. The molecule has 0 aliphatic rings. The maximum atomic E-state index is 13.2. The van der Waals surface area contributed by atoms with E-state index in [1.165, 1.54) is 12.1 Å².